The minimum Gasteiger partial charge on any atom is -0.508 e. The Morgan fingerprint density at radius 1 is 1.07 bits per heavy atom. The van der Waals surface area contributed by atoms with Crippen molar-refractivity contribution in [1.82, 2.24) is 0 Å². The maximum absolute atomic E-state index is 12.3. The average Bonchev–Trinajstić information content (AvgIpc) is 3.35. The number of hydrogen-bond donors (Lipinski definition) is 2. The number of phenols is 1. The molecule has 1 aliphatic heterocycles. The molecular formula is C22H16N2O5S. The van der Waals surface area contributed by atoms with Crippen LogP contribution in [0.4, 0.5) is 5.69 Å². The Morgan fingerprint density at radius 2 is 1.77 bits per heavy atom. The molecule has 150 valence electrons. The van der Waals surface area contributed by atoms with Crippen LogP contribution in [0.3, 0.4) is 0 Å². The summed E-state index contributed by atoms with van der Waals surface area (Å²) >= 11 is 1.23. The Morgan fingerprint density at radius 3 is 2.43 bits per heavy atom. The fourth-order valence-corrected chi connectivity index (χ4v) is 3.70. The number of phenolic OH excluding ortho intramolecular Hbond substituents is 1. The minimum atomic E-state index is -0.990. The summed E-state index contributed by atoms with van der Waals surface area (Å²) in [4.78, 5) is 29.6. The number of hydrogen-bond acceptors (Lipinski definition) is 6. The minimum absolute atomic E-state index is 0.163. The van der Waals surface area contributed by atoms with Gasteiger partial charge >= 0.3 is 5.97 Å². The van der Waals surface area contributed by atoms with Crippen LogP contribution in [0.2, 0.25) is 0 Å². The number of carbonyl (C=O) groups excluding carboxylic acids is 1. The molecule has 4 rings (SSSR count). The topological polar surface area (TPSA) is 103 Å². The number of aromatic hydroxyl groups is 1. The zero-order valence-electron chi connectivity index (χ0n) is 15.8. The number of nitrogens with zero attached hydrogens (tertiary/aromatic N) is 2. The summed E-state index contributed by atoms with van der Waals surface area (Å²) in [5, 5.41) is 18.9. The van der Waals surface area contributed by atoms with E-state index in [-0.39, 0.29) is 17.2 Å². The fourth-order valence-electron chi connectivity index (χ4n) is 2.82. The number of carboxylic acid groups (broad SMARTS) is 1. The van der Waals surface area contributed by atoms with Gasteiger partial charge in [-0.3, -0.25) is 4.79 Å². The first kappa shape index (κ1) is 19.5. The maximum atomic E-state index is 12.3. The molecule has 0 saturated heterocycles. The van der Waals surface area contributed by atoms with Crippen LogP contribution in [0.5, 0.6) is 5.75 Å². The molecule has 30 heavy (non-hydrogen) atoms. The van der Waals surface area contributed by atoms with Gasteiger partial charge in [-0.25, -0.2) is 4.79 Å². The molecule has 0 aliphatic carbocycles. The van der Waals surface area contributed by atoms with Gasteiger partial charge in [0.1, 0.15) is 17.3 Å². The summed E-state index contributed by atoms with van der Waals surface area (Å²) in [6.07, 6.45) is 1.63. The second-order valence-corrected chi connectivity index (χ2v) is 7.48. The van der Waals surface area contributed by atoms with Crippen molar-refractivity contribution in [2.45, 2.75) is 0 Å². The number of anilines is 1. The molecule has 0 bridgehead atoms. The molecule has 2 heterocycles. The van der Waals surface area contributed by atoms with Crippen LogP contribution in [0.15, 0.2) is 75.0 Å². The predicted molar refractivity (Wildman–Crippen MR) is 116 cm³/mol. The standard InChI is InChI=1S/C22H16N2O5S/c1-24(15-6-8-16(25)9-7-15)22-23-20(26)19(30-22)12-17-10-11-18(29-17)13-2-4-14(5-3-13)21(27)28/h2-12,25H,1H3,(H,27,28). The fraction of sp³-hybridized carbons (Fsp3) is 0.0455. The lowest BCUT2D eigenvalue weighted by atomic mass is 10.1. The van der Waals surface area contributed by atoms with Crippen molar-refractivity contribution in [3.63, 3.8) is 0 Å². The number of aromatic carboxylic acids is 1. The van der Waals surface area contributed by atoms with Crippen molar-refractivity contribution >= 4 is 40.6 Å². The van der Waals surface area contributed by atoms with E-state index in [0.29, 0.717) is 21.6 Å². The first-order valence-corrected chi connectivity index (χ1v) is 9.71. The van der Waals surface area contributed by atoms with E-state index in [1.807, 2.05) is 0 Å². The summed E-state index contributed by atoms with van der Waals surface area (Å²) in [6.45, 7) is 0. The van der Waals surface area contributed by atoms with Crippen molar-refractivity contribution < 1.29 is 24.2 Å². The van der Waals surface area contributed by atoms with Gasteiger partial charge in [0, 0.05) is 24.4 Å². The van der Waals surface area contributed by atoms with E-state index >= 15 is 0 Å². The molecule has 3 aromatic rings. The van der Waals surface area contributed by atoms with Crippen molar-refractivity contribution in [3.05, 3.63) is 76.9 Å². The third-order valence-electron chi connectivity index (χ3n) is 4.45. The largest absolute Gasteiger partial charge is 0.508 e. The quantitative estimate of drug-likeness (QED) is 0.601. The molecular weight excluding hydrogens is 404 g/mol. The Hall–Kier alpha value is -3.78. The van der Waals surface area contributed by atoms with Gasteiger partial charge in [-0.15, -0.1) is 0 Å². The van der Waals surface area contributed by atoms with E-state index in [1.165, 1.54) is 23.9 Å². The zero-order chi connectivity index (χ0) is 21.3. The number of rotatable bonds is 4. The Bertz CT molecular complexity index is 1180. The Kier molecular flexibility index (Phi) is 5.16. The van der Waals surface area contributed by atoms with Crippen LogP contribution >= 0.6 is 11.8 Å². The van der Waals surface area contributed by atoms with Gasteiger partial charge < -0.3 is 19.5 Å². The first-order valence-electron chi connectivity index (χ1n) is 8.89. The van der Waals surface area contributed by atoms with Gasteiger partial charge in [0.25, 0.3) is 5.91 Å². The highest BCUT2D eigenvalue weighted by Crippen LogP contribution is 2.33. The number of aliphatic imine (C=N–C) groups is 1. The van der Waals surface area contributed by atoms with Gasteiger partial charge in [-0.2, -0.15) is 4.99 Å². The predicted octanol–water partition coefficient (Wildman–Crippen LogP) is 4.46. The molecule has 7 nitrogen and oxygen atoms in total. The zero-order valence-corrected chi connectivity index (χ0v) is 16.6. The molecule has 2 N–H and O–H groups in total. The van der Waals surface area contributed by atoms with Crippen LogP contribution < -0.4 is 4.90 Å². The monoisotopic (exact) mass is 420 g/mol. The molecule has 1 aromatic heterocycles. The van der Waals surface area contributed by atoms with Gasteiger partial charge in [0.05, 0.1) is 10.5 Å². The summed E-state index contributed by atoms with van der Waals surface area (Å²) in [6, 6.07) is 16.5. The van der Waals surface area contributed by atoms with E-state index in [4.69, 9.17) is 9.52 Å². The summed E-state index contributed by atoms with van der Waals surface area (Å²) in [5.41, 5.74) is 1.72. The molecule has 0 saturated carbocycles. The SMILES string of the molecule is CN(C1=NC(=O)C(=Cc2ccc(-c3ccc(C(=O)O)cc3)o2)S1)c1ccc(O)cc1. The molecule has 1 aliphatic rings. The second-order valence-electron chi connectivity index (χ2n) is 6.47. The van der Waals surface area contributed by atoms with Gasteiger partial charge in [0.2, 0.25) is 0 Å². The highest BCUT2D eigenvalue weighted by Gasteiger charge is 2.25. The normalized spacial score (nSPS) is 14.8. The summed E-state index contributed by atoms with van der Waals surface area (Å²) in [7, 11) is 1.79. The lowest BCUT2D eigenvalue weighted by molar-refractivity contribution is -0.113. The Labute approximate surface area is 176 Å². The van der Waals surface area contributed by atoms with Crippen LogP contribution in [0.1, 0.15) is 16.1 Å². The van der Waals surface area contributed by atoms with E-state index in [0.717, 1.165) is 11.3 Å². The molecule has 0 fully saturated rings. The molecule has 0 radical (unpaired) electrons. The number of carboxylic acids is 1. The molecule has 0 atom stereocenters. The lowest BCUT2D eigenvalue weighted by Gasteiger charge is -2.17. The number of amidine groups is 1. The number of benzene rings is 2. The van der Waals surface area contributed by atoms with E-state index < -0.39 is 5.97 Å². The lowest BCUT2D eigenvalue weighted by Crippen LogP contribution is -2.21. The number of thioether (sulfide) groups is 1. The maximum Gasteiger partial charge on any atom is 0.335 e. The van der Waals surface area contributed by atoms with Crippen LogP contribution in [-0.4, -0.2) is 34.3 Å². The van der Waals surface area contributed by atoms with Gasteiger partial charge in [0.15, 0.2) is 5.17 Å². The number of furan rings is 1. The van der Waals surface area contributed by atoms with Crippen molar-refractivity contribution in [1.29, 1.82) is 0 Å². The summed E-state index contributed by atoms with van der Waals surface area (Å²) in [5.74, 6) is -0.125. The number of amides is 1. The van der Waals surface area contributed by atoms with Crippen molar-refractivity contribution in [2.24, 2.45) is 4.99 Å². The van der Waals surface area contributed by atoms with E-state index in [2.05, 4.69) is 4.99 Å². The third-order valence-corrected chi connectivity index (χ3v) is 5.51. The number of carbonyl (C=O) groups is 2. The molecule has 0 spiro atoms. The first-order chi connectivity index (χ1) is 14.4. The highest BCUT2D eigenvalue weighted by molar-refractivity contribution is 8.18. The molecule has 0 unspecified atom stereocenters. The van der Waals surface area contributed by atoms with E-state index in [9.17, 15) is 14.7 Å². The van der Waals surface area contributed by atoms with Crippen molar-refractivity contribution in [2.75, 3.05) is 11.9 Å². The van der Waals surface area contributed by atoms with Gasteiger partial charge in [-0.1, -0.05) is 12.1 Å². The molecule has 2 aromatic carbocycles. The third kappa shape index (κ3) is 3.99. The molecule has 8 heteroatoms. The highest BCUT2D eigenvalue weighted by atomic mass is 32.2. The summed E-state index contributed by atoms with van der Waals surface area (Å²) < 4.78 is 5.79. The van der Waals surface area contributed by atoms with Crippen LogP contribution in [-0.2, 0) is 4.79 Å². The van der Waals surface area contributed by atoms with Gasteiger partial charge in [-0.05, 0) is 60.3 Å². The Balaban J connectivity index is 1.50. The smallest absolute Gasteiger partial charge is 0.335 e. The van der Waals surface area contributed by atoms with E-state index in [1.54, 1.807) is 66.6 Å². The average molecular weight is 420 g/mol. The van der Waals surface area contributed by atoms with Crippen LogP contribution in [0.25, 0.3) is 17.4 Å². The molecule has 1 amide bonds. The van der Waals surface area contributed by atoms with Crippen molar-refractivity contribution in [3.8, 4) is 17.1 Å². The second kappa shape index (κ2) is 7.92. The van der Waals surface area contributed by atoms with Crippen LogP contribution in [0, 0.1) is 0 Å².